The molecule has 0 spiro atoms. The minimum atomic E-state index is -0.493. The third-order valence-corrected chi connectivity index (χ3v) is 3.25. The van der Waals surface area contributed by atoms with Gasteiger partial charge in [-0.3, -0.25) is 9.78 Å². The summed E-state index contributed by atoms with van der Waals surface area (Å²) in [7, 11) is 0. The fourth-order valence-electron chi connectivity index (χ4n) is 1.82. The molecule has 0 fully saturated rings. The summed E-state index contributed by atoms with van der Waals surface area (Å²) in [5.74, 6) is 0.155. The zero-order valence-electron chi connectivity index (χ0n) is 11.4. The van der Waals surface area contributed by atoms with Crippen molar-refractivity contribution in [2.24, 2.45) is 5.73 Å². The highest BCUT2D eigenvalue weighted by atomic mass is 79.9. The molecule has 3 N–H and O–H groups in total. The molecule has 0 aliphatic carbocycles. The van der Waals surface area contributed by atoms with Gasteiger partial charge in [0.1, 0.15) is 5.75 Å². The first-order valence-electron chi connectivity index (χ1n) is 6.44. The lowest BCUT2D eigenvalue weighted by Gasteiger charge is -2.12. The highest BCUT2D eigenvalue weighted by Gasteiger charge is 2.06. The van der Waals surface area contributed by atoms with Crippen molar-refractivity contribution < 1.29 is 9.53 Å². The Kier molecular flexibility index (Phi) is 5.71. The SMILES string of the molecule is NC(=O)COc1ccc(Br)cc1CNCc1cccnc1. The van der Waals surface area contributed by atoms with Crippen LogP contribution in [0.4, 0.5) is 0 Å². The van der Waals surface area contributed by atoms with Crippen molar-refractivity contribution in [3.63, 3.8) is 0 Å². The Labute approximate surface area is 131 Å². The van der Waals surface area contributed by atoms with Gasteiger partial charge in [-0.1, -0.05) is 22.0 Å². The summed E-state index contributed by atoms with van der Waals surface area (Å²) in [4.78, 5) is 14.9. The fraction of sp³-hybridized carbons (Fsp3) is 0.200. The number of carbonyl (C=O) groups is 1. The van der Waals surface area contributed by atoms with Crippen LogP contribution in [0, 0.1) is 0 Å². The summed E-state index contributed by atoms with van der Waals surface area (Å²) in [6.07, 6.45) is 3.56. The van der Waals surface area contributed by atoms with E-state index in [1.165, 1.54) is 0 Å². The van der Waals surface area contributed by atoms with Crippen LogP contribution >= 0.6 is 15.9 Å². The van der Waals surface area contributed by atoms with Crippen LogP contribution in [0.1, 0.15) is 11.1 Å². The van der Waals surface area contributed by atoms with Gasteiger partial charge in [-0.25, -0.2) is 0 Å². The lowest BCUT2D eigenvalue weighted by atomic mass is 10.2. The number of nitrogens with two attached hydrogens (primary N) is 1. The molecule has 0 saturated carbocycles. The Morgan fingerprint density at radius 2 is 2.19 bits per heavy atom. The molecule has 21 heavy (non-hydrogen) atoms. The number of nitrogens with zero attached hydrogens (tertiary/aromatic N) is 1. The van der Waals surface area contributed by atoms with Gasteiger partial charge in [-0.2, -0.15) is 0 Å². The van der Waals surface area contributed by atoms with Gasteiger partial charge in [0.2, 0.25) is 0 Å². The van der Waals surface area contributed by atoms with E-state index in [9.17, 15) is 4.79 Å². The molecular weight excluding hydrogens is 334 g/mol. The van der Waals surface area contributed by atoms with Gasteiger partial charge in [0, 0.05) is 35.5 Å². The third kappa shape index (κ3) is 5.17. The molecule has 110 valence electrons. The molecule has 1 aromatic heterocycles. The molecule has 6 heteroatoms. The summed E-state index contributed by atoms with van der Waals surface area (Å²) >= 11 is 3.43. The summed E-state index contributed by atoms with van der Waals surface area (Å²) in [6, 6.07) is 9.53. The molecule has 1 heterocycles. The molecular formula is C15H16BrN3O2. The van der Waals surface area contributed by atoms with Crippen LogP contribution in [0.5, 0.6) is 5.75 Å². The molecule has 0 radical (unpaired) electrons. The minimum absolute atomic E-state index is 0.128. The van der Waals surface area contributed by atoms with Crippen molar-refractivity contribution in [2.75, 3.05) is 6.61 Å². The molecule has 0 aliphatic heterocycles. The van der Waals surface area contributed by atoms with Gasteiger partial charge >= 0.3 is 0 Å². The van der Waals surface area contributed by atoms with Crippen LogP contribution in [-0.4, -0.2) is 17.5 Å². The maximum Gasteiger partial charge on any atom is 0.255 e. The highest BCUT2D eigenvalue weighted by Crippen LogP contribution is 2.23. The average molecular weight is 350 g/mol. The van der Waals surface area contributed by atoms with Crippen LogP contribution in [0.25, 0.3) is 0 Å². The van der Waals surface area contributed by atoms with Crippen LogP contribution in [0.2, 0.25) is 0 Å². The van der Waals surface area contributed by atoms with Gasteiger partial charge in [-0.05, 0) is 29.8 Å². The first kappa shape index (κ1) is 15.5. The monoisotopic (exact) mass is 349 g/mol. The molecule has 1 amide bonds. The van der Waals surface area contributed by atoms with E-state index in [0.29, 0.717) is 18.8 Å². The Morgan fingerprint density at radius 3 is 2.90 bits per heavy atom. The number of nitrogens with one attached hydrogen (secondary N) is 1. The van der Waals surface area contributed by atoms with E-state index in [0.717, 1.165) is 15.6 Å². The number of hydrogen-bond donors (Lipinski definition) is 2. The van der Waals surface area contributed by atoms with Gasteiger partial charge in [0.05, 0.1) is 0 Å². The van der Waals surface area contributed by atoms with Gasteiger partial charge in [-0.15, -0.1) is 0 Å². The topological polar surface area (TPSA) is 77.2 Å². The number of aromatic nitrogens is 1. The molecule has 2 aromatic rings. The normalized spacial score (nSPS) is 10.3. The molecule has 5 nitrogen and oxygen atoms in total. The van der Waals surface area contributed by atoms with Crippen molar-refractivity contribution in [3.05, 3.63) is 58.3 Å². The second kappa shape index (κ2) is 7.75. The van der Waals surface area contributed by atoms with E-state index in [-0.39, 0.29) is 6.61 Å². The first-order valence-corrected chi connectivity index (χ1v) is 7.23. The van der Waals surface area contributed by atoms with E-state index in [1.807, 2.05) is 36.5 Å². The number of ether oxygens (including phenoxy) is 1. The second-order valence-corrected chi connectivity index (χ2v) is 5.39. The lowest BCUT2D eigenvalue weighted by molar-refractivity contribution is -0.119. The molecule has 0 aliphatic rings. The number of hydrogen-bond acceptors (Lipinski definition) is 4. The quantitative estimate of drug-likeness (QED) is 0.801. The lowest BCUT2D eigenvalue weighted by Crippen LogP contribution is -2.21. The summed E-state index contributed by atoms with van der Waals surface area (Å²) in [5, 5.41) is 3.32. The van der Waals surface area contributed by atoms with Crippen LogP contribution < -0.4 is 15.8 Å². The van der Waals surface area contributed by atoms with Crippen molar-refractivity contribution >= 4 is 21.8 Å². The van der Waals surface area contributed by atoms with Gasteiger partial charge in [0.25, 0.3) is 5.91 Å². The van der Waals surface area contributed by atoms with Crippen LogP contribution in [0.3, 0.4) is 0 Å². The smallest absolute Gasteiger partial charge is 0.255 e. The number of rotatable bonds is 7. The Balaban J connectivity index is 1.97. The summed E-state index contributed by atoms with van der Waals surface area (Å²) < 4.78 is 6.36. The highest BCUT2D eigenvalue weighted by molar-refractivity contribution is 9.10. The Morgan fingerprint density at radius 1 is 1.33 bits per heavy atom. The summed E-state index contributed by atoms with van der Waals surface area (Å²) in [6.45, 7) is 1.19. The van der Waals surface area contributed by atoms with Crippen molar-refractivity contribution in [2.45, 2.75) is 13.1 Å². The van der Waals surface area contributed by atoms with Crippen LogP contribution in [-0.2, 0) is 17.9 Å². The maximum absolute atomic E-state index is 10.8. The van der Waals surface area contributed by atoms with E-state index in [4.69, 9.17) is 10.5 Å². The molecule has 0 saturated heterocycles. The second-order valence-electron chi connectivity index (χ2n) is 4.47. The largest absolute Gasteiger partial charge is 0.483 e. The molecule has 0 bridgehead atoms. The third-order valence-electron chi connectivity index (χ3n) is 2.76. The van der Waals surface area contributed by atoms with E-state index in [2.05, 4.69) is 26.2 Å². The summed E-state index contributed by atoms with van der Waals surface area (Å²) in [5.41, 5.74) is 7.16. The Bertz CT molecular complexity index is 605. The number of benzene rings is 1. The van der Waals surface area contributed by atoms with E-state index in [1.54, 1.807) is 6.20 Å². The Hall–Kier alpha value is -1.92. The van der Waals surface area contributed by atoms with Crippen molar-refractivity contribution in [1.82, 2.24) is 10.3 Å². The van der Waals surface area contributed by atoms with Gasteiger partial charge < -0.3 is 15.8 Å². The average Bonchev–Trinajstić information content (AvgIpc) is 2.47. The number of carbonyl (C=O) groups excluding carboxylic acids is 1. The molecule has 1 aromatic carbocycles. The molecule has 2 rings (SSSR count). The molecule has 0 atom stereocenters. The number of pyridine rings is 1. The maximum atomic E-state index is 10.8. The molecule has 0 unspecified atom stereocenters. The zero-order chi connectivity index (χ0) is 15.1. The minimum Gasteiger partial charge on any atom is -0.483 e. The number of amides is 1. The van der Waals surface area contributed by atoms with Crippen molar-refractivity contribution in [3.8, 4) is 5.75 Å². The first-order chi connectivity index (χ1) is 10.1. The van der Waals surface area contributed by atoms with E-state index >= 15 is 0 Å². The number of halogens is 1. The predicted molar refractivity (Wildman–Crippen MR) is 83.6 cm³/mol. The standard InChI is InChI=1S/C15H16BrN3O2/c16-13-3-4-14(21-10-15(17)20)12(6-13)9-19-8-11-2-1-5-18-7-11/h1-7,19H,8-10H2,(H2,17,20). The zero-order valence-corrected chi connectivity index (χ0v) is 13.0. The number of primary amides is 1. The van der Waals surface area contributed by atoms with Crippen LogP contribution in [0.15, 0.2) is 47.2 Å². The fourth-order valence-corrected chi connectivity index (χ4v) is 2.23. The van der Waals surface area contributed by atoms with E-state index < -0.39 is 5.91 Å². The predicted octanol–water partition coefficient (Wildman–Crippen LogP) is 2.00. The van der Waals surface area contributed by atoms with Crippen molar-refractivity contribution in [1.29, 1.82) is 0 Å². The van der Waals surface area contributed by atoms with Gasteiger partial charge in [0.15, 0.2) is 6.61 Å².